The van der Waals surface area contributed by atoms with Crippen molar-refractivity contribution in [3.63, 3.8) is 0 Å². The number of isothiocyanates is 1. The number of aromatic nitrogens is 1. The van der Waals surface area contributed by atoms with E-state index in [2.05, 4.69) is 17.2 Å². The van der Waals surface area contributed by atoms with E-state index in [1.165, 1.54) is 32.9 Å². The molecule has 1 heterocycles. The van der Waals surface area contributed by atoms with Crippen LogP contribution in [-0.2, 0) is 26.7 Å². The Kier molecular flexibility index (Phi) is 28.8. The fraction of sp³-hybridized carbons (Fsp3) is 0.250. The molecule has 0 aliphatic rings. The van der Waals surface area contributed by atoms with Gasteiger partial charge >= 0.3 is 17.1 Å². The maximum absolute atomic E-state index is 9.98. The molecule has 1 rings (SSSR count). The summed E-state index contributed by atoms with van der Waals surface area (Å²) in [6, 6.07) is 5.72. The van der Waals surface area contributed by atoms with E-state index in [4.69, 9.17) is 5.41 Å². The van der Waals surface area contributed by atoms with Crippen molar-refractivity contribution >= 4 is 28.9 Å². The number of allylic oxidation sites excluding steroid dienone is 4. The molecule has 0 atom stereocenters. The first-order chi connectivity index (χ1) is 10.7. The SMILES string of the molecule is CC(=O)/C=C(/C)[O-].CC(=O)/C=C(/C)[O-].[Mn+3].[N-]=C=S.c1ccncc1. The molecule has 1 aromatic heterocycles. The van der Waals surface area contributed by atoms with Gasteiger partial charge in [0.1, 0.15) is 0 Å². The zero-order valence-electron chi connectivity index (χ0n) is 13.9. The van der Waals surface area contributed by atoms with E-state index < -0.39 is 0 Å². The van der Waals surface area contributed by atoms with Crippen molar-refractivity contribution < 1.29 is 36.9 Å². The zero-order chi connectivity index (χ0) is 18.7. The fourth-order valence-corrected chi connectivity index (χ4v) is 0.885. The summed E-state index contributed by atoms with van der Waals surface area (Å²) in [7, 11) is 0. The van der Waals surface area contributed by atoms with Gasteiger partial charge in [-0.15, -0.1) is 11.5 Å². The van der Waals surface area contributed by atoms with E-state index in [-0.39, 0.29) is 40.2 Å². The van der Waals surface area contributed by atoms with Crippen LogP contribution in [0.1, 0.15) is 27.7 Å². The molecule has 8 heteroatoms. The summed E-state index contributed by atoms with van der Waals surface area (Å²) < 4.78 is 0. The number of hydrogen-bond acceptors (Lipinski definition) is 6. The van der Waals surface area contributed by atoms with Crippen molar-refractivity contribution in [2.24, 2.45) is 0 Å². The maximum atomic E-state index is 9.98. The molecular formula is C16H19MnN2O4S. The van der Waals surface area contributed by atoms with Crippen LogP contribution >= 0.6 is 12.2 Å². The molecule has 0 saturated heterocycles. The Morgan fingerprint density at radius 3 is 1.29 bits per heavy atom. The summed E-state index contributed by atoms with van der Waals surface area (Å²) in [6.45, 7) is 5.39. The second-order valence-electron chi connectivity index (χ2n) is 3.85. The van der Waals surface area contributed by atoms with Crippen LogP contribution in [0.4, 0.5) is 0 Å². The van der Waals surface area contributed by atoms with Gasteiger partial charge in [-0.3, -0.25) is 14.6 Å². The molecule has 0 aromatic carbocycles. The van der Waals surface area contributed by atoms with Gasteiger partial charge in [0, 0.05) is 12.4 Å². The van der Waals surface area contributed by atoms with Gasteiger partial charge in [0.25, 0.3) is 0 Å². The molecule has 0 aliphatic carbocycles. The molecule has 0 bridgehead atoms. The van der Waals surface area contributed by atoms with Gasteiger partial charge in [0.2, 0.25) is 0 Å². The van der Waals surface area contributed by atoms with Crippen LogP contribution in [-0.4, -0.2) is 21.7 Å². The number of ketones is 2. The molecule has 0 amide bonds. The number of hydrogen-bond donors (Lipinski definition) is 0. The molecular weight excluding hydrogens is 371 g/mol. The third kappa shape index (κ3) is 50.2. The predicted molar refractivity (Wildman–Crippen MR) is 89.1 cm³/mol. The first-order valence-corrected chi connectivity index (χ1v) is 6.66. The van der Waals surface area contributed by atoms with Crippen LogP contribution in [0, 0.1) is 0 Å². The molecule has 0 N–H and O–H groups in total. The molecule has 0 aliphatic heterocycles. The molecule has 0 unspecified atom stereocenters. The summed E-state index contributed by atoms with van der Waals surface area (Å²) in [5.41, 5.74) is 0. The van der Waals surface area contributed by atoms with E-state index in [9.17, 15) is 19.8 Å². The van der Waals surface area contributed by atoms with Gasteiger partial charge in [-0.1, -0.05) is 32.1 Å². The van der Waals surface area contributed by atoms with E-state index in [0.717, 1.165) is 12.2 Å². The number of pyridine rings is 1. The Hall–Kier alpha value is -2.11. The summed E-state index contributed by atoms with van der Waals surface area (Å²) >= 11 is 3.70. The van der Waals surface area contributed by atoms with E-state index >= 15 is 0 Å². The minimum atomic E-state index is -0.187. The summed E-state index contributed by atoms with van der Waals surface area (Å²) in [4.78, 5) is 23.7. The first-order valence-electron chi connectivity index (χ1n) is 6.25. The van der Waals surface area contributed by atoms with Crippen molar-refractivity contribution in [1.29, 1.82) is 0 Å². The van der Waals surface area contributed by atoms with E-state index in [1.807, 2.05) is 18.2 Å². The van der Waals surface area contributed by atoms with Crippen LogP contribution in [0.2, 0.25) is 0 Å². The minimum Gasteiger partial charge on any atom is -0.876 e. The minimum absolute atomic E-state index is 0. The topological polar surface area (TPSA) is 115 Å². The monoisotopic (exact) mass is 390 g/mol. The average molecular weight is 390 g/mol. The summed E-state index contributed by atoms with van der Waals surface area (Å²) in [5.74, 6) is -0.750. The Labute approximate surface area is 158 Å². The van der Waals surface area contributed by atoms with Gasteiger partial charge in [0.15, 0.2) is 11.6 Å². The predicted octanol–water partition coefficient (Wildman–Crippen LogP) is 1.42. The Bertz CT molecular complexity index is 478. The molecule has 1 aromatic rings. The molecule has 6 nitrogen and oxygen atoms in total. The summed E-state index contributed by atoms with van der Waals surface area (Å²) in [6.07, 6.45) is 5.61. The summed E-state index contributed by atoms with van der Waals surface area (Å²) in [5, 5.41) is 28.4. The molecule has 0 spiro atoms. The number of rotatable bonds is 2. The normalized spacial score (nSPS) is 9.00. The molecule has 130 valence electrons. The van der Waals surface area contributed by atoms with Gasteiger partial charge in [0.05, 0.1) is 0 Å². The van der Waals surface area contributed by atoms with Gasteiger partial charge < -0.3 is 15.6 Å². The van der Waals surface area contributed by atoms with Crippen molar-refractivity contribution in [2.45, 2.75) is 27.7 Å². The quantitative estimate of drug-likeness (QED) is 0.248. The number of nitrogens with zero attached hydrogens (tertiary/aromatic N) is 2. The van der Waals surface area contributed by atoms with Crippen molar-refractivity contribution in [2.75, 3.05) is 0 Å². The second kappa shape index (κ2) is 23.2. The number of carbonyl (C=O) groups excluding carboxylic acids is 2. The Morgan fingerprint density at radius 1 is 0.958 bits per heavy atom. The van der Waals surface area contributed by atoms with Crippen LogP contribution in [0.5, 0.6) is 0 Å². The Balaban J connectivity index is -0.000000113. The van der Waals surface area contributed by atoms with Crippen LogP contribution in [0.3, 0.4) is 0 Å². The van der Waals surface area contributed by atoms with Crippen molar-refractivity contribution in [3.8, 4) is 0 Å². The third-order valence-electron chi connectivity index (χ3n) is 1.38. The smallest absolute Gasteiger partial charge is 0.876 e. The van der Waals surface area contributed by atoms with Gasteiger partial charge in [-0.25, -0.2) is 0 Å². The average Bonchev–Trinajstić information content (AvgIpc) is 2.39. The van der Waals surface area contributed by atoms with Crippen LogP contribution in [0.25, 0.3) is 5.41 Å². The van der Waals surface area contributed by atoms with Crippen molar-refractivity contribution in [1.82, 2.24) is 4.98 Å². The van der Waals surface area contributed by atoms with Gasteiger partial charge in [-0.2, -0.15) is 5.16 Å². The zero-order valence-corrected chi connectivity index (χ0v) is 15.9. The second-order valence-corrected chi connectivity index (χ2v) is 4.03. The van der Waals surface area contributed by atoms with E-state index in [1.54, 1.807) is 12.4 Å². The molecule has 0 fully saturated rings. The van der Waals surface area contributed by atoms with E-state index in [0.29, 0.717) is 0 Å². The molecule has 24 heavy (non-hydrogen) atoms. The largest absolute Gasteiger partial charge is 3.00 e. The third-order valence-corrected chi connectivity index (χ3v) is 1.38. The standard InChI is InChI=1S/C5H5N.2C5H8O2.CNS.Mn/c1-2-4-6-5-3-1;2*1-4(6)3-5(2)7;2-1-3;/h1-5H;2*3,6H,1-2H3;;/q;;;-1;+3/p-2/b;2*4-3-;;. The first kappa shape index (κ1) is 29.8. The van der Waals surface area contributed by atoms with Crippen LogP contribution in [0.15, 0.2) is 54.3 Å². The van der Waals surface area contributed by atoms with Crippen LogP contribution < -0.4 is 10.2 Å². The maximum Gasteiger partial charge on any atom is 3.00 e. The molecule has 0 saturated carbocycles. The number of thiocarbonyl (C=S) groups is 1. The Morgan fingerprint density at radius 2 is 1.25 bits per heavy atom. The number of carbonyl (C=O) groups is 2. The molecule has 0 radical (unpaired) electrons. The fourth-order valence-electron chi connectivity index (χ4n) is 0.885. The van der Waals surface area contributed by atoms with Crippen molar-refractivity contribution in [3.05, 3.63) is 59.7 Å². The van der Waals surface area contributed by atoms with Gasteiger partial charge in [-0.05, 0) is 38.1 Å².